The van der Waals surface area contributed by atoms with Crippen LogP contribution >= 0.6 is 23.2 Å². The molecule has 1 N–H and O–H groups in total. The standard InChI is InChI=1S/C16H24Cl2N2O/c1-3-20-8-6-13(7-9-20)19(2)11-16(21)14-5-4-12(17)10-15(14)18/h4-5,10,13,16,21H,3,6-9,11H2,1-2H3. The Bertz CT molecular complexity index is 462. The molecule has 2 rings (SSSR count). The number of hydrogen-bond acceptors (Lipinski definition) is 3. The fourth-order valence-corrected chi connectivity index (χ4v) is 3.50. The first kappa shape index (κ1) is 17.0. The lowest BCUT2D eigenvalue weighted by Crippen LogP contribution is -2.44. The van der Waals surface area contributed by atoms with Crippen LogP contribution in [0.4, 0.5) is 0 Å². The van der Waals surface area contributed by atoms with Crippen LogP contribution < -0.4 is 0 Å². The highest BCUT2D eigenvalue weighted by molar-refractivity contribution is 6.35. The summed E-state index contributed by atoms with van der Waals surface area (Å²) in [6, 6.07) is 5.80. The molecule has 1 aliphatic rings. The Labute approximate surface area is 137 Å². The highest BCUT2D eigenvalue weighted by atomic mass is 35.5. The van der Waals surface area contributed by atoms with Crippen LogP contribution in [0.5, 0.6) is 0 Å². The maximum Gasteiger partial charge on any atom is 0.0931 e. The van der Waals surface area contributed by atoms with E-state index in [9.17, 15) is 5.11 Å². The van der Waals surface area contributed by atoms with Crippen molar-refractivity contribution in [1.82, 2.24) is 9.80 Å². The van der Waals surface area contributed by atoms with Gasteiger partial charge in [-0.25, -0.2) is 0 Å². The van der Waals surface area contributed by atoms with Crippen molar-refractivity contribution in [1.29, 1.82) is 0 Å². The molecule has 1 aliphatic heterocycles. The summed E-state index contributed by atoms with van der Waals surface area (Å²) in [5.74, 6) is 0. The van der Waals surface area contributed by atoms with E-state index in [1.807, 2.05) is 6.07 Å². The molecule has 1 aromatic rings. The van der Waals surface area contributed by atoms with Gasteiger partial charge in [0.1, 0.15) is 0 Å². The van der Waals surface area contributed by atoms with Crippen molar-refractivity contribution in [2.75, 3.05) is 33.2 Å². The molecule has 1 aromatic carbocycles. The maximum absolute atomic E-state index is 10.4. The Morgan fingerprint density at radius 1 is 1.33 bits per heavy atom. The summed E-state index contributed by atoms with van der Waals surface area (Å²) in [6.07, 6.45) is 1.74. The van der Waals surface area contributed by atoms with Gasteiger partial charge in [0.2, 0.25) is 0 Å². The predicted octanol–water partition coefficient (Wildman–Crippen LogP) is 3.44. The normalized spacial score (nSPS) is 19.1. The predicted molar refractivity (Wildman–Crippen MR) is 89.2 cm³/mol. The highest BCUT2D eigenvalue weighted by Gasteiger charge is 2.24. The van der Waals surface area contributed by atoms with Crippen LogP contribution in [-0.4, -0.2) is 54.2 Å². The monoisotopic (exact) mass is 330 g/mol. The molecule has 0 aromatic heterocycles. The smallest absolute Gasteiger partial charge is 0.0931 e. The Hall–Kier alpha value is -0.320. The molecule has 0 amide bonds. The summed E-state index contributed by atoms with van der Waals surface area (Å²) in [5, 5.41) is 11.5. The number of rotatable bonds is 5. The van der Waals surface area contributed by atoms with Crippen LogP contribution in [0.25, 0.3) is 0 Å². The minimum absolute atomic E-state index is 0.532. The Morgan fingerprint density at radius 2 is 2.00 bits per heavy atom. The largest absolute Gasteiger partial charge is 0.387 e. The second kappa shape index (κ2) is 7.80. The lowest BCUT2D eigenvalue weighted by atomic mass is 10.0. The fraction of sp³-hybridized carbons (Fsp3) is 0.625. The Morgan fingerprint density at radius 3 is 2.57 bits per heavy atom. The van der Waals surface area contributed by atoms with Gasteiger partial charge in [-0.3, -0.25) is 0 Å². The fourth-order valence-electron chi connectivity index (χ4n) is 2.97. The third-order valence-corrected chi connectivity index (χ3v) is 4.97. The number of benzene rings is 1. The number of halogens is 2. The van der Waals surface area contributed by atoms with Gasteiger partial charge < -0.3 is 14.9 Å². The molecular formula is C16H24Cl2N2O. The number of hydrogen-bond donors (Lipinski definition) is 1. The number of likely N-dealkylation sites (N-methyl/N-ethyl adjacent to an activating group) is 1. The van der Waals surface area contributed by atoms with E-state index < -0.39 is 6.10 Å². The van der Waals surface area contributed by atoms with Crippen LogP contribution in [0.15, 0.2) is 18.2 Å². The van der Waals surface area contributed by atoms with Crippen LogP contribution in [0.3, 0.4) is 0 Å². The van der Waals surface area contributed by atoms with Gasteiger partial charge in [0.15, 0.2) is 0 Å². The average Bonchev–Trinajstić information content (AvgIpc) is 2.47. The van der Waals surface area contributed by atoms with Gasteiger partial charge >= 0.3 is 0 Å². The van der Waals surface area contributed by atoms with Crippen molar-refractivity contribution in [3.05, 3.63) is 33.8 Å². The van der Waals surface area contributed by atoms with E-state index >= 15 is 0 Å². The number of aliphatic hydroxyl groups is 1. The zero-order valence-electron chi connectivity index (χ0n) is 12.7. The van der Waals surface area contributed by atoms with Crippen molar-refractivity contribution in [3.63, 3.8) is 0 Å². The van der Waals surface area contributed by atoms with Gasteiger partial charge in [-0.2, -0.15) is 0 Å². The van der Waals surface area contributed by atoms with Gasteiger partial charge in [-0.15, -0.1) is 0 Å². The summed E-state index contributed by atoms with van der Waals surface area (Å²) >= 11 is 12.1. The highest BCUT2D eigenvalue weighted by Crippen LogP contribution is 2.27. The van der Waals surface area contributed by atoms with Crippen molar-refractivity contribution >= 4 is 23.2 Å². The average molecular weight is 331 g/mol. The topological polar surface area (TPSA) is 26.7 Å². The number of piperidine rings is 1. The van der Waals surface area contributed by atoms with Crippen LogP contribution in [-0.2, 0) is 0 Å². The lowest BCUT2D eigenvalue weighted by molar-refractivity contribution is 0.0748. The minimum atomic E-state index is -0.580. The molecule has 5 heteroatoms. The first-order valence-corrected chi connectivity index (χ1v) is 8.32. The molecule has 1 heterocycles. The number of aliphatic hydroxyl groups excluding tert-OH is 1. The molecule has 3 nitrogen and oxygen atoms in total. The van der Waals surface area contributed by atoms with E-state index in [1.54, 1.807) is 12.1 Å². The van der Waals surface area contributed by atoms with Gasteiger partial charge in [0.25, 0.3) is 0 Å². The summed E-state index contributed by atoms with van der Waals surface area (Å²) in [5.41, 5.74) is 0.749. The van der Waals surface area contributed by atoms with Crippen molar-refractivity contribution in [2.45, 2.75) is 31.9 Å². The van der Waals surface area contributed by atoms with Gasteiger partial charge in [0, 0.05) is 28.2 Å². The third kappa shape index (κ3) is 4.57. The van der Waals surface area contributed by atoms with E-state index in [-0.39, 0.29) is 0 Å². The maximum atomic E-state index is 10.4. The molecule has 21 heavy (non-hydrogen) atoms. The van der Waals surface area contributed by atoms with Gasteiger partial charge in [0.05, 0.1) is 6.10 Å². The van der Waals surface area contributed by atoms with Crippen molar-refractivity contribution in [3.8, 4) is 0 Å². The summed E-state index contributed by atoms with van der Waals surface area (Å²) < 4.78 is 0. The molecule has 0 radical (unpaired) electrons. The van der Waals surface area contributed by atoms with Crippen molar-refractivity contribution < 1.29 is 5.11 Å². The van der Waals surface area contributed by atoms with E-state index in [0.717, 1.165) is 38.0 Å². The number of nitrogens with zero attached hydrogens (tertiary/aromatic N) is 2. The quantitative estimate of drug-likeness (QED) is 0.895. The molecule has 0 saturated carbocycles. The minimum Gasteiger partial charge on any atom is -0.387 e. The summed E-state index contributed by atoms with van der Waals surface area (Å²) in [4.78, 5) is 4.72. The lowest BCUT2D eigenvalue weighted by Gasteiger charge is -2.37. The first-order valence-electron chi connectivity index (χ1n) is 7.57. The van der Waals surface area contributed by atoms with Crippen LogP contribution in [0.2, 0.25) is 10.0 Å². The molecule has 118 valence electrons. The second-order valence-electron chi connectivity index (χ2n) is 5.79. The molecule has 0 spiro atoms. The molecule has 1 unspecified atom stereocenters. The molecular weight excluding hydrogens is 307 g/mol. The number of likely N-dealkylation sites (tertiary alicyclic amines) is 1. The second-order valence-corrected chi connectivity index (χ2v) is 6.63. The van der Waals surface area contributed by atoms with Crippen LogP contribution in [0.1, 0.15) is 31.4 Å². The SMILES string of the molecule is CCN1CCC(N(C)CC(O)c2ccc(Cl)cc2Cl)CC1. The molecule has 0 bridgehead atoms. The van der Waals surface area contributed by atoms with E-state index in [1.165, 1.54) is 0 Å². The van der Waals surface area contributed by atoms with E-state index in [2.05, 4.69) is 23.8 Å². The van der Waals surface area contributed by atoms with Crippen molar-refractivity contribution in [2.24, 2.45) is 0 Å². The Balaban J connectivity index is 1.91. The first-order chi connectivity index (χ1) is 10.0. The summed E-state index contributed by atoms with van der Waals surface area (Å²) in [7, 11) is 2.08. The summed E-state index contributed by atoms with van der Waals surface area (Å²) in [6.45, 7) is 6.21. The molecule has 1 atom stereocenters. The van der Waals surface area contributed by atoms with E-state index in [4.69, 9.17) is 23.2 Å². The zero-order valence-corrected chi connectivity index (χ0v) is 14.2. The van der Waals surface area contributed by atoms with Crippen LogP contribution in [0, 0.1) is 0 Å². The third-order valence-electron chi connectivity index (χ3n) is 4.41. The molecule has 1 saturated heterocycles. The van der Waals surface area contributed by atoms with Gasteiger partial charge in [-0.05, 0) is 51.7 Å². The van der Waals surface area contributed by atoms with Gasteiger partial charge in [-0.1, -0.05) is 36.2 Å². The van der Waals surface area contributed by atoms with E-state index in [0.29, 0.717) is 22.6 Å². The molecule has 0 aliphatic carbocycles. The zero-order chi connectivity index (χ0) is 15.4. The Kier molecular flexibility index (Phi) is 6.33. The molecule has 1 fully saturated rings.